The maximum atomic E-state index is 13.1. The van der Waals surface area contributed by atoms with Gasteiger partial charge in [0.25, 0.3) is 11.8 Å². The van der Waals surface area contributed by atoms with Gasteiger partial charge in [-0.2, -0.15) is 0 Å². The molecular weight excluding hydrogens is 404 g/mol. The molecule has 0 bridgehead atoms. The van der Waals surface area contributed by atoms with Crippen LogP contribution in [0.1, 0.15) is 52.7 Å². The Morgan fingerprint density at radius 1 is 0.969 bits per heavy atom. The Morgan fingerprint density at radius 2 is 1.69 bits per heavy atom. The maximum absolute atomic E-state index is 13.1. The largest absolute Gasteiger partial charge is 0.481 e. The molecule has 1 atom stereocenters. The van der Waals surface area contributed by atoms with Gasteiger partial charge in [0.05, 0.1) is 17.9 Å². The molecule has 2 aliphatic heterocycles. The molecule has 32 heavy (non-hydrogen) atoms. The topological polar surface area (TPSA) is 59.1 Å². The molecule has 0 saturated heterocycles. The van der Waals surface area contributed by atoms with Crippen molar-refractivity contribution in [3.8, 4) is 11.5 Å². The zero-order valence-corrected chi connectivity index (χ0v) is 20.0. The molecule has 170 valence electrons. The molecule has 0 saturated carbocycles. The van der Waals surface area contributed by atoms with Crippen molar-refractivity contribution in [2.75, 3.05) is 30.0 Å². The van der Waals surface area contributed by atoms with E-state index >= 15 is 0 Å². The third kappa shape index (κ3) is 3.83. The fourth-order valence-electron chi connectivity index (χ4n) is 4.20. The summed E-state index contributed by atoms with van der Waals surface area (Å²) in [6, 6.07) is 11.8. The highest BCUT2D eigenvalue weighted by Crippen LogP contribution is 2.42. The fraction of sp³-hybridized carbons (Fsp3) is 0.462. The minimum atomic E-state index is -0.795. The molecule has 0 fully saturated rings. The molecule has 2 aliphatic rings. The number of ether oxygens (including phenoxy) is 2. The Kier molecular flexibility index (Phi) is 5.23. The Morgan fingerprint density at radius 3 is 2.34 bits per heavy atom. The lowest BCUT2D eigenvalue weighted by molar-refractivity contribution is -0.126. The zero-order chi connectivity index (χ0) is 23.4. The van der Waals surface area contributed by atoms with Crippen LogP contribution < -0.4 is 19.3 Å². The van der Waals surface area contributed by atoms with E-state index in [0.29, 0.717) is 17.2 Å². The maximum Gasteiger partial charge on any atom is 0.269 e. The van der Waals surface area contributed by atoms with Gasteiger partial charge in [0.1, 0.15) is 11.5 Å². The summed E-state index contributed by atoms with van der Waals surface area (Å²) >= 11 is 0. The quantitative estimate of drug-likeness (QED) is 0.699. The average molecular weight is 437 g/mol. The smallest absolute Gasteiger partial charge is 0.269 e. The van der Waals surface area contributed by atoms with Gasteiger partial charge in [0, 0.05) is 12.6 Å². The van der Waals surface area contributed by atoms with E-state index in [1.165, 1.54) is 0 Å². The first-order chi connectivity index (χ1) is 14.9. The van der Waals surface area contributed by atoms with Crippen molar-refractivity contribution >= 4 is 23.2 Å². The lowest BCUT2D eigenvalue weighted by Gasteiger charge is -2.38. The van der Waals surface area contributed by atoms with Crippen LogP contribution in [0.4, 0.5) is 11.4 Å². The first kappa shape index (κ1) is 22.2. The normalized spacial score (nSPS) is 18.7. The molecule has 0 radical (unpaired) electrons. The molecule has 2 aromatic rings. The number of hydrogen-bond donors (Lipinski definition) is 0. The van der Waals surface area contributed by atoms with E-state index < -0.39 is 6.10 Å². The lowest BCUT2D eigenvalue weighted by atomic mass is 9.85. The minimum absolute atomic E-state index is 0.0453. The van der Waals surface area contributed by atoms with Crippen LogP contribution in [0.15, 0.2) is 36.4 Å². The van der Waals surface area contributed by atoms with Crippen LogP contribution in [0.3, 0.4) is 0 Å². The third-order valence-electron chi connectivity index (χ3n) is 6.14. The highest BCUT2D eigenvalue weighted by atomic mass is 16.5. The van der Waals surface area contributed by atoms with E-state index in [9.17, 15) is 9.59 Å². The molecule has 0 aliphatic carbocycles. The van der Waals surface area contributed by atoms with Crippen LogP contribution in [0.2, 0.25) is 0 Å². The molecule has 6 nitrogen and oxygen atoms in total. The van der Waals surface area contributed by atoms with Gasteiger partial charge < -0.3 is 19.3 Å². The summed E-state index contributed by atoms with van der Waals surface area (Å²) in [6.45, 7) is 12.8. The van der Waals surface area contributed by atoms with Gasteiger partial charge in [-0.05, 0) is 34.6 Å². The monoisotopic (exact) mass is 436 g/mol. The van der Waals surface area contributed by atoms with Gasteiger partial charge in [-0.1, -0.05) is 59.7 Å². The third-order valence-corrected chi connectivity index (χ3v) is 6.14. The van der Waals surface area contributed by atoms with E-state index in [1.54, 1.807) is 16.8 Å². The first-order valence-electron chi connectivity index (χ1n) is 11.0. The van der Waals surface area contributed by atoms with E-state index in [2.05, 4.69) is 41.5 Å². The summed E-state index contributed by atoms with van der Waals surface area (Å²) in [7, 11) is 1.75. The van der Waals surface area contributed by atoms with E-state index in [0.717, 1.165) is 16.8 Å². The highest BCUT2D eigenvalue weighted by molar-refractivity contribution is 6.03. The van der Waals surface area contributed by atoms with Gasteiger partial charge >= 0.3 is 0 Å². The predicted octanol–water partition coefficient (Wildman–Crippen LogP) is 4.43. The minimum Gasteiger partial charge on any atom is -0.481 e. The molecule has 6 heteroatoms. The lowest BCUT2D eigenvalue weighted by Crippen LogP contribution is -2.52. The second-order valence-electron chi connectivity index (χ2n) is 10.6. The molecule has 1 unspecified atom stereocenters. The SMILES string of the molecule is CN1C(=O)C(CN2C(=O)COc3c2cccc3C(C)(C)C)Oc2cc(C(C)(C)C)ccc21. The van der Waals surface area contributed by atoms with Crippen molar-refractivity contribution in [2.45, 2.75) is 58.5 Å². The van der Waals surface area contributed by atoms with Crippen LogP contribution in [0.25, 0.3) is 0 Å². The van der Waals surface area contributed by atoms with Crippen molar-refractivity contribution < 1.29 is 19.1 Å². The zero-order valence-electron chi connectivity index (χ0n) is 20.0. The molecule has 4 rings (SSSR count). The van der Waals surface area contributed by atoms with Gasteiger partial charge in [0.2, 0.25) is 0 Å². The number of rotatable bonds is 2. The number of nitrogens with zero attached hydrogens (tertiary/aromatic N) is 2. The highest BCUT2D eigenvalue weighted by Gasteiger charge is 2.38. The second kappa shape index (κ2) is 7.54. The average Bonchev–Trinajstić information content (AvgIpc) is 2.71. The Bertz CT molecular complexity index is 1080. The van der Waals surface area contributed by atoms with E-state index in [1.807, 2.05) is 36.4 Å². The summed E-state index contributed by atoms with van der Waals surface area (Å²) < 4.78 is 12.0. The van der Waals surface area contributed by atoms with Crippen molar-refractivity contribution in [2.24, 2.45) is 0 Å². The second-order valence-corrected chi connectivity index (χ2v) is 10.6. The summed E-state index contributed by atoms with van der Waals surface area (Å²) in [5.74, 6) is 1.01. The Balaban J connectivity index is 1.68. The number of para-hydroxylation sites is 1. The number of carbonyl (C=O) groups excluding carboxylic acids is 2. The molecule has 2 amide bonds. The number of fused-ring (bicyclic) bond motifs is 2. The number of hydrogen-bond acceptors (Lipinski definition) is 4. The van der Waals surface area contributed by atoms with Crippen LogP contribution in [-0.2, 0) is 20.4 Å². The van der Waals surface area contributed by atoms with Crippen LogP contribution in [-0.4, -0.2) is 38.1 Å². The Hall–Kier alpha value is -3.02. The van der Waals surface area contributed by atoms with Gasteiger partial charge in [-0.15, -0.1) is 0 Å². The van der Waals surface area contributed by atoms with Crippen molar-refractivity contribution in [3.05, 3.63) is 47.5 Å². The molecule has 0 spiro atoms. The predicted molar refractivity (Wildman–Crippen MR) is 126 cm³/mol. The van der Waals surface area contributed by atoms with E-state index in [4.69, 9.17) is 9.47 Å². The summed E-state index contributed by atoms with van der Waals surface area (Å²) in [6.07, 6.45) is -0.795. The standard InChI is InChI=1S/C26H32N2O4/c1-25(2,3)16-11-12-18-20(13-16)32-21(24(30)27(18)7)14-28-19-10-8-9-17(26(4,5)6)23(19)31-15-22(28)29/h8-13,21H,14-15H2,1-7H3. The van der Waals surface area contributed by atoms with Gasteiger partial charge in [-0.25, -0.2) is 0 Å². The first-order valence-corrected chi connectivity index (χ1v) is 11.0. The summed E-state index contributed by atoms with van der Waals surface area (Å²) in [5, 5.41) is 0. The van der Waals surface area contributed by atoms with Crippen LogP contribution in [0.5, 0.6) is 11.5 Å². The molecule has 0 aromatic heterocycles. The van der Waals surface area contributed by atoms with Crippen molar-refractivity contribution in [1.82, 2.24) is 0 Å². The van der Waals surface area contributed by atoms with Gasteiger partial charge in [0.15, 0.2) is 12.7 Å². The van der Waals surface area contributed by atoms with Crippen molar-refractivity contribution in [1.29, 1.82) is 0 Å². The number of benzene rings is 2. The molecular formula is C26H32N2O4. The number of likely N-dealkylation sites (N-methyl/N-ethyl adjacent to an activating group) is 1. The molecule has 0 N–H and O–H groups in total. The number of amides is 2. The fourth-order valence-corrected chi connectivity index (χ4v) is 4.20. The van der Waals surface area contributed by atoms with E-state index in [-0.39, 0.29) is 35.8 Å². The summed E-state index contributed by atoms with van der Waals surface area (Å²) in [5.41, 5.74) is 3.39. The molecule has 2 heterocycles. The summed E-state index contributed by atoms with van der Waals surface area (Å²) in [4.78, 5) is 29.2. The van der Waals surface area contributed by atoms with Crippen LogP contribution >= 0.6 is 0 Å². The van der Waals surface area contributed by atoms with Crippen LogP contribution in [0, 0.1) is 0 Å². The Labute approximate surface area is 190 Å². The molecule has 2 aromatic carbocycles. The van der Waals surface area contributed by atoms with Crippen molar-refractivity contribution in [3.63, 3.8) is 0 Å². The number of anilines is 2. The van der Waals surface area contributed by atoms with Gasteiger partial charge in [-0.3, -0.25) is 9.59 Å². The number of carbonyl (C=O) groups is 2.